The smallest absolute Gasteiger partial charge is 0.252 e. The quantitative estimate of drug-likeness (QED) is 0.500. The summed E-state index contributed by atoms with van der Waals surface area (Å²) in [5.74, 6) is -1.61. The molecule has 1 aromatic carbocycles. The van der Waals surface area contributed by atoms with Crippen LogP contribution in [-0.4, -0.2) is 58.6 Å². The lowest BCUT2D eigenvalue weighted by Crippen LogP contribution is -2.32. The van der Waals surface area contributed by atoms with Gasteiger partial charge in [-0.3, -0.25) is 14.6 Å². The molecule has 0 aliphatic carbocycles. The Hall–Kier alpha value is -2.52. The number of pyridine rings is 1. The standard InChI is InChI=1S/C19H20ClN3O3.C3H8O2/c20-17-4-2-1-3-16(17)19(25)23-11-15-9-13(12-26-15)10-22-18(24)14-5-7-21-8-6-14;1-3(2,4)5/h1-8,13,15H,9-12H2,(H,22,24)(H,23,25);4-5H,1-2H3. The Balaban J connectivity index is 0.000000614. The van der Waals surface area contributed by atoms with Crippen LogP contribution in [-0.2, 0) is 4.74 Å². The zero-order valence-electron chi connectivity index (χ0n) is 17.5. The maximum Gasteiger partial charge on any atom is 0.252 e. The highest BCUT2D eigenvalue weighted by Crippen LogP contribution is 2.19. The van der Waals surface area contributed by atoms with Crippen LogP contribution in [0.15, 0.2) is 48.8 Å². The van der Waals surface area contributed by atoms with Crippen molar-refractivity contribution in [1.29, 1.82) is 0 Å². The maximum atomic E-state index is 12.2. The minimum absolute atomic E-state index is 0.0655. The monoisotopic (exact) mass is 449 g/mol. The van der Waals surface area contributed by atoms with Gasteiger partial charge in [0.05, 0.1) is 23.3 Å². The molecular formula is C22H28ClN3O5. The third kappa shape index (κ3) is 9.44. The van der Waals surface area contributed by atoms with Gasteiger partial charge in [0.15, 0.2) is 5.79 Å². The molecule has 3 rings (SSSR count). The summed E-state index contributed by atoms with van der Waals surface area (Å²) in [6.45, 7) is 4.11. The Labute approximate surface area is 186 Å². The average Bonchev–Trinajstić information content (AvgIpc) is 3.18. The number of nitrogens with zero attached hydrogens (tertiary/aromatic N) is 1. The lowest BCUT2D eigenvalue weighted by Gasteiger charge is -2.12. The highest BCUT2D eigenvalue weighted by Gasteiger charge is 2.26. The van der Waals surface area contributed by atoms with Crippen molar-refractivity contribution in [3.05, 3.63) is 64.9 Å². The van der Waals surface area contributed by atoms with Crippen LogP contribution in [0.1, 0.15) is 41.0 Å². The van der Waals surface area contributed by atoms with Gasteiger partial charge in [-0.15, -0.1) is 0 Å². The summed E-state index contributed by atoms with van der Waals surface area (Å²) >= 11 is 6.02. The van der Waals surface area contributed by atoms with Gasteiger partial charge in [0.2, 0.25) is 0 Å². The van der Waals surface area contributed by atoms with Gasteiger partial charge >= 0.3 is 0 Å². The Kier molecular flexibility index (Phi) is 9.39. The van der Waals surface area contributed by atoms with E-state index < -0.39 is 5.79 Å². The number of carbonyl (C=O) groups excluding carboxylic acids is 2. The van der Waals surface area contributed by atoms with E-state index >= 15 is 0 Å². The van der Waals surface area contributed by atoms with Crippen LogP contribution in [0.5, 0.6) is 0 Å². The molecule has 2 atom stereocenters. The van der Waals surface area contributed by atoms with Gasteiger partial charge < -0.3 is 25.6 Å². The van der Waals surface area contributed by atoms with Crippen LogP contribution in [0.25, 0.3) is 0 Å². The number of hydrogen-bond acceptors (Lipinski definition) is 6. The minimum atomic E-state index is -1.50. The van der Waals surface area contributed by atoms with Gasteiger partial charge in [0, 0.05) is 37.0 Å². The number of aromatic nitrogens is 1. The second-order valence-electron chi connectivity index (χ2n) is 7.69. The van der Waals surface area contributed by atoms with E-state index in [9.17, 15) is 9.59 Å². The van der Waals surface area contributed by atoms with Crippen molar-refractivity contribution in [2.45, 2.75) is 32.2 Å². The summed E-state index contributed by atoms with van der Waals surface area (Å²) in [6, 6.07) is 10.3. The molecule has 2 aromatic rings. The molecule has 1 saturated heterocycles. The fraction of sp³-hybridized carbons (Fsp3) is 0.409. The first-order valence-corrected chi connectivity index (χ1v) is 10.3. The van der Waals surface area contributed by atoms with Crippen LogP contribution in [0.3, 0.4) is 0 Å². The normalized spacial score (nSPS) is 18.0. The van der Waals surface area contributed by atoms with Crippen molar-refractivity contribution >= 4 is 23.4 Å². The number of nitrogens with one attached hydrogen (secondary N) is 2. The van der Waals surface area contributed by atoms with Crippen LogP contribution < -0.4 is 10.6 Å². The van der Waals surface area contributed by atoms with Crippen molar-refractivity contribution in [3.8, 4) is 0 Å². The summed E-state index contributed by atoms with van der Waals surface area (Å²) in [7, 11) is 0. The molecule has 2 unspecified atom stereocenters. The third-order valence-corrected chi connectivity index (χ3v) is 4.60. The van der Waals surface area contributed by atoms with Crippen molar-refractivity contribution < 1.29 is 24.5 Å². The van der Waals surface area contributed by atoms with Crippen molar-refractivity contribution in [3.63, 3.8) is 0 Å². The third-order valence-electron chi connectivity index (χ3n) is 4.27. The van der Waals surface area contributed by atoms with E-state index in [4.69, 9.17) is 26.6 Å². The summed E-state index contributed by atoms with van der Waals surface area (Å²) in [5, 5.41) is 22.3. The predicted octanol–water partition coefficient (Wildman–Crippen LogP) is 2.01. The second-order valence-corrected chi connectivity index (χ2v) is 8.09. The molecule has 1 fully saturated rings. The number of hydrogen-bond donors (Lipinski definition) is 4. The zero-order valence-corrected chi connectivity index (χ0v) is 18.3. The Bertz CT molecular complexity index is 852. The fourth-order valence-corrected chi connectivity index (χ4v) is 3.08. The van der Waals surface area contributed by atoms with E-state index in [1.807, 2.05) is 0 Å². The van der Waals surface area contributed by atoms with Crippen LogP contribution >= 0.6 is 11.6 Å². The Morgan fingerprint density at radius 1 is 1.10 bits per heavy atom. The van der Waals surface area contributed by atoms with Gasteiger partial charge in [-0.2, -0.15) is 0 Å². The summed E-state index contributed by atoms with van der Waals surface area (Å²) < 4.78 is 5.71. The van der Waals surface area contributed by atoms with Gasteiger partial charge in [0.25, 0.3) is 11.8 Å². The molecule has 2 amide bonds. The topological polar surface area (TPSA) is 121 Å². The van der Waals surface area contributed by atoms with E-state index in [0.717, 1.165) is 6.42 Å². The molecule has 0 bridgehead atoms. The molecule has 4 N–H and O–H groups in total. The molecule has 0 spiro atoms. The molecule has 168 valence electrons. The molecule has 9 heteroatoms. The zero-order chi connectivity index (χ0) is 22.9. The Morgan fingerprint density at radius 2 is 1.71 bits per heavy atom. The lowest BCUT2D eigenvalue weighted by atomic mass is 10.1. The SMILES string of the molecule is CC(C)(O)O.O=C(NCC1COC(CNC(=O)c2ccccc2Cl)C1)c1ccncc1. The largest absolute Gasteiger partial charge is 0.376 e. The van der Waals surface area contributed by atoms with Crippen molar-refractivity contribution in [2.24, 2.45) is 5.92 Å². The van der Waals surface area contributed by atoms with Gasteiger partial charge in [-0.25, -0.2) is 0 Å². The van der Waals surface area contributed by atoms with Crippen LogP contribution in [0, 0.1) is 5.92 Å². The van der Waals surface area contributed by atoms with E-state index in [1.54, 1.807) is 48.8 Å². The fourth-order valence-electron chi connectivity index (χ4n) is 2.85. The molecule has 8 nitrogen and oxygen atoms in total. The first-order valence-electron chi connectivity index (χ1n) is 9.90. The summed E-state index contributed by atoms with van der Waals surface area (Å²) in [4.78, 5) is 28.1. The van der Waals surface area contributed by atoms with E-state index in [0.29, 0.717) is 35.8 Å². The average molecular weight is 450 g/mol. The molecule has 31 heavy (non-hydrogen) atoms. The highest BCUT2D eigenvalue weighted by molar-refractivity contribution is 6.33. The maximum absolute atomic E-state index is 12.2. The first-order chi connectivity index (χ1) is 14.6. The molecule has 1 aromatic heterocycles. The summed E-state index contributed by atoms with van der Waals surface area (Å²) in [6.07, 6.45) is 3.89. The number of benzene rings is 1. The highest BCUT2D eigenvalue weighted by atomic mass is 35.5. The van der Waals surface area contributed by atoms with Crippen molar-refractivity contribution in [1.82, 2.24) is 15.6 Å². The predicted molar refractivity (Wildman–Crippen MR) is 117 cm³/mol. The second kappa shape index (κ2) is 11.8. The minimum Gasteiger partial charge on any atom is -0.376 e. The van der Waals surface area contributed by atoms with E-state index in [1.165, 1.54) is 13.8 Å². The van der Waals surface area contributed by atoms with Gasteiger partial charge in [-0.1, -0.05) is 23.7 Å². The molecule has 1 aliphatic rings. The molecule has 0 saturated carbocycles. The van der Waals surface area contributed by atoms with Crippen molar-refractivity contribution in [2.75, 3.05) is 19.7 Å². The van der Waals surface area contributed by atoms with Gasteiger partial charge in [-0.05, 0) is 44.5 Å². The van der Waals surface area contributed by atoms with Gasteiger partial charge in [0.1, 0.15) is 0 Å². The first kappa shape index (κ1) is 24.7. The Morgan fingerprint density at radius 3 is 2.35 bits per heavy atom. The summed E-state index contributed by atoms with van der Waals surface area (Å²) in [5.41, 5.74) is 1.04. The number of halogens is 1. The molecular weight excluding hydrogens is 422 g/mol. The van der Waals surface area contributed by atoms with E-state index in [2.05, 4.69) is 15.6 Å². The van der Waals surface area contributed by atoms with E-state index in [-0.39, 0.29) is 23.8 Å². The number of aliphatic hydroxyl groups is 2. The number of rotatable bonds is 6. The number of carbonyl (C=O) groups is 2. The van der Waals surface area contributed by atoms with Crippen LogP contribution in [0.2, 0.25) is 5.02 Å². The molecule has 0 radical (unpaired) electrons. The lowest BCUT2D eigenvalue weighted by molar-refractivity contribution is -0.127. The number of amides is 2. The molecule has 2 heterocycles. The van der Waals surface area contributed by atoms with Crippen LogP contribution in [0.4, 0.5) is 0 Å². The number of ether oxygens (including phenoxy) is 1. The molecule has 1 aliphatic heterocycles.